The molecule has 196 valence electrons. The highest BCUT2D eigenvalue weighted by molar-refractivity contribution is 5.98. The monoisotopic (exact) mass is 508 g/mol. The molecular weight excluding hydrogens is 478 g/mol. The Labute approximate surface area is 208 Å². The average Bonchev–Trinajstić information content (AvgIpc) is 2.80. The topological polar surface area (TPSA) is 113 Å². The second-order valence-corrected chi connectivity index (χ2v) is 8.36. The number of pyridine rings is 1. The molecule has 0 radical (unpaired) electrons. The fourth-order valence-electron chi connectivity index (χ4n) is 3.67. The van der Waals surface area contributed by atoms with Crippen LogP contribution in [0.15, 0.2) is 30.5 Å². The van der Waals surface area contributed by atoms with Crippen LogP contribution < -0.4 is 14.8 Å². The summed E-state index contributed by atoms with van der Waals surface area (Å²) < 4.78 is 48.6. The van der Waals surface area contributed by atoms with E-state index in [9.17, 15) is 23.2 Å². The minimum Gasteiger partial charge on any atom is -0.493 e. The fraction of sp³-hybridized carbons (Fsp3) is 0.440. The van der Waals surface area contributed by atoms with Crippen molar-refractivity contribution in [3.63, 3.8) is 0 Å². The van der Waals surface area contributed by atoms with E-state index in [4.69, 9.17) is 18.9 Å². The van der Waals surface area contributed by atoms with Crippen molar-refractivity contribution in [3.05, 3.63) is 53.4 Å². The molecular formula is C25H30F2N2O7. The minimum atomic E-state index is -1.11. The van der Waals surface area contributed by atoms with Crippen molar-refractivity contribution in [2.24, 2.45) is 5.92 Å². The number of nitrogens with one attached hydrogen (secondary N) is 1. The summed E-state index contributed by atoms with van der Waals surface area (Å²) >= 11 is 0. The van der Waals surface area contributed by atoms with E-state index in [2.05, 4.69) is 10.3 Å². The van der Waals surface area contributed by atoms with Crippen LogP contribution in [0.2, 0.25) is 0 Å². The van der Waals surface area contributed by atoms with E-state index in [1.54, 1.807) is 6.92 Å². The van der Waals surface area contributed by atoms with Gasteiger partial charge in [0.25, 0.3) is 5.91 Å². The molecule has 2 rings (SSSR count). The summed E-state index contributed by atoms with van der Waals surface area (Å²) in [5.41, 5.74) is 0.0150. The Bertz CT molecular complexity index is 1090. The molecule has 0 aliphatic rings. The zero-order valence-electron chi connectivity index (χ0n) is 21.0. The lowest BCUT2D eigenvalue weighted by Gasteiger charge is -2.29. The highest BCUT2D eigenvalue weighted by Gasteiger charge is 2.31. The van der Waals surface area contributed by atoms with Gasteiger partial charge in [-0.3, -0.25) is 9.59 Å². The molecule has 9 nitrogen and oxygen atoms in total. The number of amides is 1. The van der Waals surface area contributed by atoms with Gasteiger partial charge in [0.2, 0.25) is 6.79 Å². The van der Waals surface area contributed by atoms with Gasteiger partial charge in [0.1, 0.15) is 23.8 Å². The summed E-state index contributed by atoms with van der Waals surface area (Å²) in [6, 6.07) is 3.59. The van der Waals surface area contributed by atoms with E-state index in [0.717, 1.165) is 12.1 Å². The number of nitrogens with zero attached hydrogens (tertiary/aromatic N) is 1. The number of aromatic nitrogens is 1. The van der Waals surface area contributed by atoms with E-state index >= 15 is 0 Å². The van der Waals surface area contributed by atoms with Crippen molar-refractivity contribution < 1.29 is 42.1 Å². The van der Waals surface area contributed by atoms with Gasteiger partial charge in [0.05, 0.1) is 7.11 Å². The van der Waals surface area contributed by atoms with Crippen molar-refractivity contribution in [2.45, 2.75) is 52.7 Å². The molecule has 0 saturated carbocycles. The van der Waals surface area contributed by atoms with Gasteiger partial charge in [-0.2, -0.15) is 0 Å². The molecule has 1 aromatic heterocycles. The summed E-state index contributed by atoms with van der Waals surface area (Å²) in [4.78, 5) is 40.6. The summed E-state index contributed by atoms with van der Waals surface area (Å²) in [6.07, 6.45) is 0.525. The smallest absolute Gasteiger partial charge is 0.328 e. The molecule has 1 aromatic carbocycles. The molecule has 0 saturated heterocycles. The van der Waals surface area contributed by atoms with Gasteiger partial charge >= 0.3 is 11.9 Å². The molecule has 1 N–H and O–H groups in total. The Morgan fingerprint density at radius 1 is 1.08 bits per heavy atom. The zero-order chi connectivity index (χ0) is 27.0. The van der Waals surface area contributed by atoms with E-state index in [0.29, 0.717) is 0 Å². The molecule has 2 aromatic rings. The first-order valence-electron chi connectivity index (χ1n) is 11.2. The third-order valence-electron chi connectivity index (χ3n) is 5.32. The van der Waals surface area contributed by atoms with Crippen LogP contribution in [0.4, 0.5) is 8.78 Å². The third-order valence-corrected chi connectivity index (χ3v) is 5.32. The molecule has 0 bridgehead atoms. The Morgan fingerprint density at radius 3 is 2.36 bits per heavy atom. The quantitative estimate of drug-likeness (QED) is 0.361. The van der Waals surface area contributed by atoms with Crippen molar-refractivity contribution in [1.82, 2.24) is 10.3 Å². The maximum Gasteiger partial charge on any atom is 0.328 e. The Balaban J connectivity index is 2.14. The van der Waals surface area contributed by atoms with Gasteiger partial charge in [-0.05, 0) is 31.4 Å². The molecule has 0 unspecified atom stereocenters. The van der Waals surface area contributed by atoms with Crippen LogP contribution in [0.3, 0.4) is 0 Å². The number of hydrogen-bond acceptors (Lipinski definition) is 8. The zero-order valence-corrected chi connectivity index (χ0v) is 21.0. The second kappa shape index (κ2) is 12.8. The van der Waals surface area contributed by atoms with Crippen molar-refractivity contribution in [3.8, 4) is 11.5 Å². The first kappa shape index (κ1) is 28.5. The lowest BCUT2D eigenvalue weighted by atomic mass is 9.84. The number of benzene rings is 1. The first-order chi connectivity index (χ1) is 17.0. The average molecular weight is 509 g/mol. The minimum absolute atomic E-state index is 0.0839. The van der Waals surface area contributed by atoms with E-state index in [1.807, 2.05) is 13.8 Å². The molecule has 0 aliphatic heterocycles. The fourth-order valence-corrected chi connectivity index (χ4v) is 3.67. The van der Waals surface area contributed by atoms with Crippen molar-refractivity contribution in [2.75, 3.05) is 13.9 Å². The molecule has 1 amide bonds. The number of carbonyl (C=O) groups excluding carboxylic acids is 3. The lowest BCUT2D eigenvalue weighted by molar-refractivity contribution is -0.152. The van der Waals surface area contributed by atoms with Gasteiger partial charge in [0, 0.05) is 31.2 Å². The van der Waals surface area contributed by atoms with Gasteiger partial charge in [-0.15, -0.1) is 0 Å². The lowest BCUT2D eigenvalue weighted by Crippen LogP contribution is -2.42. The van der Waals surface area contributed by atoms with Crippen LogP contribution in [0.5, 0.6) is 11.5 Å². The predicted molar refractivity (Wildman–Crippen MR) is 124 cm³/mol. The second-order valence-electron chi connectivity index (χ2n) is 8.36. The number of ether oxygens (including phenoxy) is 4. The highest BCUT2D eigenvalue weighted by atomic mass is 19.1. The van der Waals surface area contributed by atoms with Gasteiger partial charge in [-0.25, -0.2) is 18.6 Å². The van der Waals surface area contributed by atoms with Crippen LogP contribution in [0.1, 0.15) is 56.6 Å². The van der Waals surface area contributed by atoms with Gasteiger partial charge in [0.15, 0.2) is 17.2 Å². The van der Waals surface area contributed by atoms with Crippen LogP contribution in [0, 0.1) is 17.6 Å². The summed E-state index contributed by atoms with van der Waals surface area (Å²) in [6.45, 7) is 7.38. The summed E-state index contributed by atoms with van der Waals surface area (Å²) in [5, 5.41) is 2.48. The first-order valence-corrected chi connectivity index (χ1v) is 11.2. The SMILES string of the molecule is COc1ccnc(C(=O)N[C@@H](C)C(=O)O[C@@H](C)[C@H](c2ccc(F)cc2F)C(C)C)c1OCOC(C)=O. The highest BCUT2D eigenvalue weighted by Crippen LogP contribution is 2.32. The van der Waals surface area contributed by atoms with Gasteiger partial charge in [-0.1, -0.05) is 19.9 Å². The summed E-state index contributed by atoms with van der Waals surface area (Å²) in [7, 11) is 1.35. The Kier molecular flexibility index (Phi) is 10.1. The van der Waals surface area contributed by atoms with Crippen LogP contribution in [-0.2, 0) is 19.1 Å². The van der Waals surface area contributed by atoms with E-state index < -0.39 is 54.3 Å². The standard InChI is InChI=1S/C25H30F2N2O7/c1-13(2)21(18-8-7-17(26)11-19(18)27)15(4)36-25(32)14(3)29-24(31)22-23(35-12-34-16(5)30)20(33-6)9-10-28-22/h7-11,13-15,21H,12H2,1-6H3,(H,29,31)/t14-,15-,21+/m0/s1. The maximum atomic E-state index is 14.4. The number of rotatable bonds is 11. The largest absolute Gasteiger partial charge is 0.493 e. The molecule has 11 heteroatoms. The number of halogens is 2. The molecule has 0 aliphatic carbocycles. The van der Waals surface area contributed by atoms with Crippen LogP contribution in [0.25, 0.3) is 0 Å². The predicted octanol–water partition coefficient (Wildman–Crippen LogP) is 3.76. The van der Waals surface area contributed by atoms with Crippen LogP contribution in [-0.4, -0.2) is 48.9 Å². The van der Waals surface area contributed by atoms with E-state index in [-0.39, 0.29) is 28.7 Å². The Morgan fingerprint density at radius 2 is 1.78 bits per heavy atom. The molecule has 0 spiro atoms. The van der Waals surface area contributed by atoms with Gasteiger partial charge < -0.3 is 24.3 Å². The Hall–Kier alpha value is -3.76. The van der Waals surface area contributed by atoms with Crippen molar-refractivity contribution in [1.29, 1.82) is 0 Å². The van der Waals surface area contributed by atoms with Crippen molar-refractivity contribution >= 4 is 17.8 Å². The molecule has 3 atom stereocenters. The van der Waals surface area contributed by atoms with Crippen LogP contribution >= 0.6 is 0 Å². The molecule has 0 fully saturated rings. The molecule has 1 heterocycles. The number of esters is 2. The maximum absolute atomic E-state index is 14.4. The number of methoxy groups -OCH3 is 1. The number of carbonyl (C=O) groups is 3. The normalized spacial score (nSPS) is 13.4. The summed E-state index contributed by atoms with van der Waals surface area (Å²) in [5.74, 6) is -4.19. The number of hydrogen-bond donors (Lipinski definition) is 1. The molecule has 36 heavy (non-hydrogen) atoms. The van der Waals surface area contributed by atoms with E-state index in [1.165, 1.54) is 39.3 Å². The third kappa shape index (κ3) is 7.37.